The van der Waals surface area contributed by atoms with E-state index in [4.69, 9.17) is 15.8 Å². The van der Waals surface area contributed by atoms with Crippen molar-refractivity contribution in [3.05, 3.63) is 81.0 Å². The molecule has 0 N–H and O–H groups in total. The molecule has 0 aliphatic carbocycles. The third-order valence-corrected chi connectivity index (χ3v) is 7.15. The van der Waals surface area contributed by atoms with Crippen molar-refractivity contribution in [1.29, 1.82) is 0 Å². The van der Waals surface area contributed by atoms with Crippen molar-refractivity contribution < 1.29 is 17.4 Å². The van der Waals surface area contributed by atoms with Crippen molar-refractivity contribution >= 4 is 33.1 Å². The zero-order valence-corrected chi connectivity index (χ0v) is 21.1. The van der Waals surface area contributed by atoms with Gasteiger partial charge in [-0.15, -0.1) is 0 Å². The van der Waals surface area contributed by atoms with Crippen molar-refractivity contribution in [2.24, 2.45) is 0 Å². The van der Waals surface area contributed by atoms with Crippen LogP contribution in [0.5, 0.6) is 5.88 Å². The second-order valence-corrected chi connectivity index (χ2v) is 9.93. The molecule has 0 saturated heterocycles. The SMILES string of the molecule is CCn1nc(C)c(C(=O)c2ccc(Cl)c(C(C)=C(C)C)c2C)c1OS(=O)(=O)c1ccccc1. The first kappa shape index (κ1) is 24.7. The minimum atomic E-state index is -4.16. The van der Waals surface area contributed by atoms with Crippen LogP contribution in [0.4, 0.5) is 0 Å². The predicted octanol–water partition coefficient (Wildman–Crippen LogP) is 5.99. The number of halogens is 1. The Morgan fingerprint density at radius 1 is 1.03 bits per heavy atom. The number of carbonyl (C=O) groups is 1. The van der Waals surface area contributed by atoms with E-state index in [1.54, 1.807) is 44.2 Å². The maximum absolute atomic E-state index is 13.7. The van der Waals surface area contributed by atoms with E-state index in [-0.39, 0.29) is 22.1 Å². The Kier molecular flexibility index (Phi) is 7.14. The van der Waals surface area contributed by atoms with Crippen LogP contribution in [0.15, 0.2) is 52.9 Å². The van der Waals surface area contributed by atoms with Crippen LogP contribution >= 0.6 is 11.6 Å². The van der Waals surface area contributed by atoms with Gasteiger partial charge in [-0.2, -0.15) is 13.5 Å². The summed E-state index contributed by atoms with van der Waals surface area (Å²) in [6.45, 7) is 11.5. The van der Waals surface area contributed by atoms with E-state index < -0.39 is 10.1 Å². The molecule has 0 radical (unpaired) electrons. The van der Waals surface area contributed by atoms with Crippen LogP contribution in [0, 0.1) is 13.8 Å². The van der Waals surface area contributed by atoms with Gasteiger partial charge in [0.15, 0.2) is 0 Å². The fourth-order valence-electron chi connectivity index (χ4n) is 3.63. The largest absolute Gasteiger partial charge is 0.358 e. The molecule has 33 heavy (non-hydrogen) atoms. The third-order valence-electron chi connectivity index (χ3n) is 5.61. The minimum Gasteiger partial charge on any atom is -0.358 e. The maximum atomic E-state index is 13.7. The third kappa shape index (κ3) is 4.75. The van der Waals surface area contributed by atoms with Crippen molar-refractivity contribution in [2.45, 2.75) is 53.0 Å². The number of aromatic nitrogens is 2. The number of hydrogen-bond acceptors (Lipinski definition) is 5. The summed E-state index contributed by atoms with van der Waals surface area (Å²) in [5.41, 5.74) is 4.48. The summed E-state index contributed by atoms with van der Waals surface area (Å²) in [7, 11) is -4.16. The Bertz CT molecular complexity index is 1350. The molecule has 0 spiro atoms. The van der Waals surface area contributed by atoms with Crippen LogP contribution in [0.1, 0.15) is 60.4 Å². The van der Waals surface area contributed by atoms with E-state index in [0.717, 1.165) is 16.7 Å². The van der Waals surface area contributed by atoms with Crippen LogP contribution in [0.3, 0.4) is 0 Å². The van der Waals surface area contributed by atoms with Gasteiger partial charge in [-0.25, -0.2) is 4.68 Å². The van der Waals surface area contributed by atoms with Gasteiger partial charge in [-0.05, 0) is 82.5 Å². The molecule has 3 aromatic rings. The van der Waals surface area contributed by atoms with Gasteiger partial charge in [0.2, 0.25) is 11.7 Å². The summed E-state index contributed by atoms with van der Waals surface area (Å²) in [5, 5.41) is 4.91. The monoisotopic (exact) mass is 486 g/mol. The highest BCUT2D eigenvalue weighted by Crippen LogP contribution is 2.34. The molecule has 0 amide bonds. The summed E-state index contributed by atoms with van der Waals surface area (Å²) >= 11 is 6.47. The second-order valence-electron chi connectivity index (χ2n) is 7.98. The summed E-state index contributed by atoms with van der Waals surface area (Å²) < 4.78 is 32.7. The van der Waals surface area contributed by atoms with Crippen molar-refractivity contribution in [1.82, 2.24) is 9.78 Å². The lowest BCUT2D eigenvalue weighted by molar-refractivity contribution is 0.103. The van der Waals surface area contributed by atoms with Gasteiger partial charge in [-0.3, -0.25) is 4.79 Å². The van der Waals surface area contributed by atoms with Crippen LogP contribution in [-0.2, 0) is 16.7 Å². The zero-order valence-electron chi connectivity index (χ0n) is 19.6. The van der Waals surface area contributed by atoms with E-state index in [2.05, 4.69) is 5.10 Å². The molecule has 2 aromatic carbocycles. The number of benzene rings is 2. The fraction of sp³-hybridized carbons (Fsp3) is 0.280. The average Bonchev–Trinajstić information content (AvgIpc) is 3.08. The van der Waals surface area contributed by atoms with E-state index in [9.17, 15) is 13.2 Å². The van der Waals surface area contributed by atoms with Crippen LogP contribution in [0.25, 0.3) is 5.57 Å². The first-order valence-electron chi connectivity index (χ1n) is 10.5. The molecule has 174 valence electrons. The van der Waals surface area contributed by atoms with Gasteiger partial charge in [0.25, 0.3) is 0 Å². The summed E-state index contributed by atoms with van der Waals surface area (Å²) in [6, 6.07) is 11.1. The van der Waals surface area contributed by atoms with E-state index in [0.29, 0.717) is 28.4 Å². The number of carbonyl (C=O) groups excluding carboxylic acids is 1. The van der Waals surface area contributed by atoms with Gasteiger partial charge < -0.3 is 4.18 Å². The number of ketones is 1. The Morgan fingerprint density at radius 2 is 1.67 bits per heavy atom. The standard InChI is InChI=1S/C25H27ClN2O4S/c1-7-28-25(32-33(30,31)19-11-9-8-10-12-19)23(18(6)27-28)24(29)20-13-14-21(26)22(17(20)5)16(4)15(2)3/h8-14H,7H2,1-6H3. The topological polar surface area (TPSA) is 78.3 Å². The average molecular weight is 487 g/mol. The smallest absolute Gasteiger partial charge is 0.340 e. The summed E-state index contributed by atoms with van der Waals surface area (Å²) in [6.07, 6.45) is 0. The Labute approximate surface area is 200 Å². The van der Waals surface area contributed by atoms with Gasteiger partial charge >= 0.3 is 10.1 Å². The molecule has 0 bridgehead atoms. The number of nitrogens with zero attached hydrogens (tertiary/aromatic N) is 2. The van der Waals surface area contributed by atoms with E-state index >= 15 is 0 Å². The number of rotatable bonds is 7. The lowest BCUT2D eigenvalue weighted by atomic mass is 9.91. The van der Waals surface area contributed by atoms with Crippen LogP contribution in [0.2, 0.25) is 5.02 Å². The molecule has 3 rings (SSSR count). The van der Waals surface area contributed by atoms with Gasteiger partial charge in [0.1, 0.15) is 10.5 Å². The molecule has 0 aliphatic heterocycles. The number of allylic oxidation sites excluding steroid dienone is 2. The molecule has 0 aliphatic rings. The maximum Gasteiger partial charge on any atom is 0.340 e. The molecule has 1 heterocycles. The molecule has 0 atom stereocenters. The quantitative estimate of drug-likeness (QED) is 0.303. The van der Waals surface area contributed by atoms with Crippen LogP contribution in [-0.4, -0.2) is 24.0 Å². The number of hydrogen-bond donors (Lipinski definition) is 0. The highest BCUT2D eigenvalue weighted by Gasteiger charge is 2.30. The van der Waals surface area contributed by atoms with Crippen LogP contribution < -0.4 is 4.18 Å². The molecular formula is C25H27ClN2O4S. The molecular weight excluding hydrogens is 460 g/mol. The van der Waals surface area contributed by atoms with Crippen molar-refractivity contribution in [2.75, 3.05) is 0 Å². The normalized spacial score (nSPS) is 11.4. The predicted molar refractivity (Wildman–Crippen MR) is 130 cm³/mol. The molecule has 8 heteroatoms. The van der Waals surface area contributed by atoms with E-state index in [1.807, 2.05) is 27.7 Å². The Hall–Kier alpha value is -2.90. The first-order valence-corrected chi connectivity index (χ1v) is 12.3. The zero-order chi connectivity index (χ0) is 24.5. The highest BCUT2D eigenvalue weighted by atomic mass is 35.5. The lowest BCUT2D eigenvalue weighted by Gasteiger charge is -2.15. The molecule has 0 saturated carbocycles. The number of aryl methyl sites for hydroxylation is 2. The molecule has 0 fully saturated rings. The molecule has 1 aromatic heterocycles. The second kappa shape index (κ2) is 9.53. The van der Waals surface area contributed by atoms with Crippen molar-refractivity contribution in [3.8, 4) is 5.88 Å². The highest BCUT2D eigenvalue weighted by molar-refractivity contribution is 7.87. The Morgan fingerprint density at radius 3 is 2.24 bits per heavy atom. The molecule has 6 nitrogen and oxygen atoms in total. The van der Waals surface area contributed by atoms with Crippen molar-refractivity contribution in [3.63, 3.8) is 0 Å². The lowest BCUT2D eigenvalue weighted by Crippen LogP contribution is -2.16. The van der Waals surface area contributed by atoms with Gasteiger partial charge in [-0.1, -0.05) is 35.4 Å². The summed E-state index contributed by atoms with van der Waals surface area (Å²) in [4.78, 5) is 13.7. The Balaban J connectivity index is 2.18. The van der Waals surface area contributed by atoms with Gasteiger partial charge in [0.05, 0.1) is 5.69 Å². The van der Waals surface area contributed by atoms with Gasteiger partial charge in [0, 0.05) is 17.1 Å². The fourth-order valence-corrected chi connectivity index (χ4v) is 4.94. The summed E-state index contributed by atoms with van der Waals surface area (Å²) in [5.74, 6) is -0.471. The van der Waals surface area contributed by atoms with E-state index in [1.165, 1.54) is 16.8 Å². The first-order chi connectivity index (χ1) is 15.5. The molecule has 0 unspecified atom stereocenters. The minimum absolute atomic E-state index is 0.00551.